The minimum atomic E-state index is 0.133. The van der Waals surface area contributed by atoms with Crippen LogP contribution in [0.2, 0.25) is 0 Å². The summed E-state index contributed by atoms with van der Waals surface area (Å²) in [6, 6.07) is 10.3. The third-order valence-corrected chi connectivity index (χ3v) is 3.27. The Morgan fingerprint density at radius 1 is 1.20 bits per heavy atom. The molecule has 0 fully saturated rings. The zero-order valence-corrected chi connectivity index (χ0v) is 8.96. The largest absolute Gasteiger partial charge is 0.481 e. The Morgan fingerprint density at radius 3 is 2.93 bits per heavy atom. The van der Waals surface area contributed by atoms with E-state index in [1.807, 2.05) is 23.6 Å². The molecule has 2 heterocycles. The Hall–Kier alpha value is -1.48. The van der Waals surface area contributed by atoms with Crippen molar-refractivity contribution in [3.8, 4) is 5.75 Å². The van der Waals surface area contributed by atoms with Crippen LogP contribution in [0.5, 0.6) is 5.75 Å². The van der Waals surface area contributed by atoms with Gasteiger partial charge in [-0.1, -0.05) is 30.3 Å². The van der Waals surface area contributed by atoms with Crippen molar-refractivity contribution in [2.75, 3.05) is 11.9 Å². The van der Waals surface area contributed by atoms with Crippen molar-refractivity contribution in [3.05, 3.63) is 46.7 Å². The summed E-state index contributed by atoms with van der Waals surface area (Å²) in [4.78, 5) is 0. The van der Waals surface area contributed by atoms with Gasteiger partial charge in [0.25, 0.3) is 0 Å². The number of hydrogen-bond acceptors (Lipinski definition) is 3. The third-order valence-electron chi connectivity index (χ3n) is 2.54. The number of thiophene rings is 1. The quantitative estimate of drug-likeness (QED) is 0.791. The van der Waals surface area contributed by atoms with Crippen LogP contribution in [-0.2, 0) is 0 Å². The lowest BCUT2D eigenvalue weighted by Gasteiger charge is -2.25. The summed E-state index contributed by atoms with van der Waals surface area (Å²) in [5, 5.41) is 7.50. The summed E-state index contributed by atoms with van der Waals surface area (Å²) in [7, 11) is 0. The Kier molecular flexibility index (Phi) is 2.10. The zero-order valence-electron chi connectivity index (χ0n) is 8.14. The molecule has 1 aromatic heterocycles. The molecule has 2 nitrogen and oxygen atoms in total. The van der Waals surface area contributed by atoms with Gasteiger partial charge in [0.05, 0.1) is 12.2 Å². The predicted molar refractivity (Wildman–Crippen MR) is 62.6 cm³/mol. The molecular weight excluding hydrogens is 206 g/mol. The second-order valence-electron chi connectivity index (χ2n) is 3.55. The van der Waals surface area contributed by atoms with E-state index in [0.717, 1.165) is 18.0 Å². The Bertz CT molecular complexity index is 452. The normalized spacial score (nSPS) is 18.8. The summed E-state index contributed by atoms with van der Waals surface area (Å²) in [6.45, 7) is 0.841. The molecule has 1 unspecified atom stereocenters. The maximum atomic E-state index is 5.91. The van der Waals surface area contributed by atoms with Gasteiger partial charge in [-0.05, 0) is 5.56 Å². The van der Waals surface area contributed by atoms with Gasteiger partial charge in [-0.15, -0.1) is 11.3 Å². The fourth-order valence-corrected chi connectivity index (χ4v) is 2.47. The number of benzene rings is 1. The van der Waals surface area contributed by atoms with Crippen molar-refractivity contribution in [1.82, 2.24) is 0 Å². The first-order valence-corrected chi connectivity index (χ1v) is 5.89. The lowest BCUT2D eigenvalue weighted by atomic mass is 10.1. The second-order valence-corrected chi connectivity index (χ2v) is 4.29. The monoisotopic (exact) mass is 217 g/mol. The highest BCUT2D eigenvalue weighted by Gasteiger charge is 2.20. The summed E-state index contributed by atoms with van der Waals surface area (Å²) in [5.41, 5.74) is 2.34. The highest BCUT2D eigenvalue weighted by molar-refractivity contribution is 7.08. The number of hydrogen-bond donors (Lipinski definition) is 1. The van der Waals surface area contributed by atoms with E-state index in [2.05, 4.69) is 22.8 Å². The van der Waals surface area contributed by atoms with Gasteiger partial charge in [-0.3, -0.25) is 0 Å². The van der Waals surface area contributed by atoms with Crippen LogP contribution in [0.1, 0.15) is 11.7 Å². The molecule has 0 radical (unpaired) electrons. The molecule has 1 aliphatic rings. The van der Waals surface area contributed by atoms with E-state index in [-0.39, 0.29) is 6.10 Å². The molecule has 0 saturated heterocycles. The van der Waals surface area contributed by atoms with E-state index in [1.165, 1.54) is 5.56 Å². The van der Waals surface area contributed by atoms with E-state index >= 15 is 0 Å². The van der Waals surface area contributed by atoms with Crippen LogP contribution in [0.3, 0.4) is 0 Å². The summed E-state index contributed by atoms with van der Waals surface area (Å²) in [5.74, 6) is 0.972. The van der Waals surface area contributed by atoms with E-state index < -0.39 is 0 Å². The van der Waals surface area contributed by atoms with Gasteiger partial charge in [0.2, 0.25) is 0 Å². The molecule has 0 saturated carbocycles. The van der Waals surface area contributed by atoms with Gasteiger partial charge in [-0.25, -0.2) is 0 Å². The number of rotatable bonds is 1. The van der Waals surface area contributed by atoms with Gasteiger partial charge in [-0.2, -0.15) is 0 Å². The van der Waals surface area contributed by atoms with Gasteiger partial charge in [0.15, 0.2) is 5.75 Å². The maximum absolute atomic E-state index is 5.91. The van der Waals surface area contributed by atoms with Crippen molar-refractivity contribution >= 4 is 17.0 Å². The van der Waals surface area contributed by atoms with Crippen molar-refractivity contribution in [3.63, 3.8) is 0 Å². The molecule has 76 valence electrons. The minimum absolute atomic E-state index is 0.133. The molecule has 1 aliphatic heterocycles. The lowest BCUT2D eigenvalue weighted by molar-refractivity contribution is 0.211. The van der Waals surface area contributed by atoms with Crippen LogP contribution >= 0.6 is 11.3 Å². The topological polar surface area (TPSA) is 21.3 Å². The van der Waals surface area contributed by atoms with E-state index in [0.29, 0.717) is 0 Å². The number of ether oxygens (including phenoxy) is 1. The van der Waals surface area contributed by atoms with Crippen molar-refractivity contribution in [2.45, 2.75) is 6.10 Å². The summed E-state index contributed by atoms with van der Waals surface area (Å²) < 4.78 is 5.91. The Balaban J connectivity index is 1.88. The molecule has 0 spiro atoms. The standard InChI is InChI=1S/C12H11NOS/c1-2-4-9(5-3-1)11-6-13-10-7-15-8-12(10)14-11/h1-5,7-8,11,13H,6H2. The SMILES string of the molecule is c1ccc(C2CNc3cscc3O2)cc1. The molecule has 2 aromatic rings. The van der Waals surface area contributed by atoms with Gasteiger partial charge in [0, 0.05) is 10.8 Å². The fraction of sp³-hybridized carbons (Fsp3) is 0.167. The molecule has 1 aromatic carbocycles. The molecule has 3 rings (SSSR count). The van der Waals surface area contributed by atoms with Crippen molar-refractivity contribution in [2.24, 2.45) is 0 Å². The molecule has 0 aliphatic carbocycles. The van der Waals surface area contributed by atoms with Crippen LogP contribution in [0.15, 0.2) is 41.1 Å². The molecule has 0 amide bonds. The Morgan fingerprint density at radius 2 is 2.07 bits per heavy atom. The second kappa shape index (κ2) is 3.59. The minimum Gasteiger partial charge on any atom is -0.481 e. The smallest absolute Gasteiger partial charge is 0.154 e. The highest BCUT2D eigenvalue weighted by atomic mass is 32.1. The predicted octanol–water partition coefficient (Wildman–Crippen LogP) is 3.29. The fourth-order valence-electron chi connectivity index (χ4n) is 1.76. The molecule has 0 bridgehead atoms. The average molecular weight is 217 g/mol. The number of fused-ring (bicyclic) bond motifs is 1. The third kappa shape index (κ3) is 1.59. The molecule has 1 N–H and O–H groups in total. The van der Waals surface area contributed by atoms with E-state index in [9.17, 15) is 0 Å². The first-order chi connectivity index (χ1) is 7.43. The van der Waals surface area contributed by atoms with Crippen molar-refractivity contribution < 1.29 is 4.74 Å². The van der Waals surface area contributed by atoms with Crippen LogP contribution in [-0.4, -0.2) is 6.54 Å². The van der Waals surface area contributed by atoms with Gasteiger partial charge >= 0.3 is 0 Å². The van der Waals surface area contributed by atoms with Crippen LogP contribution in [0.4, 0.5) is 5.69 Å². The maximum Gasteiger partial charge on any atom is 0.154 e. The first-order valence-electron chi connectivity index (χ1n) is 4.95. The average Bonchev–Trinajstić information content (AvgIpc) is 2.77. The summed E-state index contributed by atoms with van der Waals surface area (Å²) >= 11 is 1.67. The molecule has 1 atom stereocenters. The number of nitrogens with one attached hydrogen (secondary N) is 1. The van der Waals surface area contributed by atoms with E-state index in [4.69, 9.17) is 4.74 Å². The highest BCUT2D eigenvalue weighted by Crippen LogP contribution is 2.36. The van der Waals surface area contributed by atoms with E-state index in [1.54, 1.807) is 11.3 Å². The molecular formula is C12H11NOS. The Labute approximate surface area is 92.5 Å². The van der Waals surface area contributed by atoms with Crippen molar-refractivity contribution in [1.29, 1.82) is 0 Å². The lowest BCUT2D eigenvalue weighted by Crippen LogP contribution is -2.22. The zero-order chi connectivity index (χ0) is 10.1. The molecule has 15 heavy (non-hydrogen) atoms. The van der Waals surface area contributed by atoms with Crippen LogP contribution in [0.25, 0.3) is 0 Å². The summed E-state index contributed by atoms with van der Waals surface area (Å²) in [6.07, 6.45) is 0.133. The number of anilines is 1. The van der Waals surface area contributed by atoms with Crippen LogP contribution in [0, 0.1) is 0 Å². The molecule has 3 heteroatoms. The van der Waals surface area contributed by atoms with Crippen LogP contribution < -0.4 is 10.1 Å². The van der Waals surface area contributed by atoms with Gasteiger partial charge < -0.3 is 10.1 Å². The van der Waals surface area contributed by atoms with Gasteiger partial charge in [0.1, 0.15) is 6.10 Å². The first kappa shape index (κ1) is 8.80.